The van der Waals surface area contributed by atoms with Crippen LogP contribution in [0.4, 0.5) is 0 Å². The summed E-state index contributed by atoms with van der Waals surface area (Å²) < 4.78 is 11.0. The van der Waals surface area contributed by atoms with Crippen LogP contribution in [0.2, 0.25) is 0 Å². The van der Waals surface area contributed by atoms with E-state index in [0.29, 0.717) is 30.4 Å². The molecule has 2 N–H and O–H groups in total. The van der Waals surface area contributed by atoms with E-state index in [2.05, 4.69) is 20.7 Å². The van der Waals surface area contributed by atoms with Crippen LogP contribution in [-0.4, -0.2) is 35.5 Å². The van der Waals surface area contributed by atoms with Crippen molar-refractivity contribution >= 4 is 12.1 Å². The van der Waals surface area contributed by atoms with Gasteiger partial charge in [0.15, 0.2) is 17.2 Å². The summed E-state index contributed by atoms with van der Waals surface area (Å²) in [6, 6.07) is 7.11. The molecule has 7 heteroatoms. The number of aromatic amines is 1. The Hall–Kier alpha value is -2.83. The van der Waals surface area contributed by atoms with Gasteiger partial charge in [0, 0.05) is 5.69 Å². The number of nitrogens with zero attached hydrogens (tertiary/aromatic N) is 2. The number of hydrogen-bond donors (Lipinski definition) is 2. The summed E-state index contributed by atoms with van der Waals surface area (Å²) in [6.45, 7) is 6.74. The fourth-order valence-electron chi connectivity index (χ4n) is 1.91. The van der Waals surface area contributed by atoms with Gasteiger partial charge < -0.3 is 9.47 Å². The second kappa shape index (κ2) is 7.98. The number of benzene rings is 1. The molecule has 0 bridgehead atoms. The molecule has 2 rings (SSSR count). The second-order valence-corrected chi connectivity index (χ2v) is 4.71. The first-order valence-electron chi connectivity index (χ1n) is 7.39. The van der Waals surface area contributed by atoms with Crippen LogP contribution in [0.25, 0.3) is 0 Å². The molecule has 7 nitrogen and oxygen atoms in total. The number of H-pyrrole nitrogens is 1. The first-order chi connectivity index (χ1) is 11.1. The number of carbonyl (C=O) groups excluding carboxylic acids is 1. The van der Waals surface area contributed by atoms with Crippen molar-refractivity contribution in [3.05, 3.63) is 41.2 Å². The van der Waals surface area contributed by atoms with Crippen LogP contribution in [0.15, 0.2) is 29.4 Å². The monoisotopic (exact) mass is 316 g/mol. The molecule has 0 aliphatic carbocycles. The van der Waals surface area contributed by atoms with Gasteiger partial charge in [0.25, 0.3) is 5.91 Å². The predicted molar refractivity (Wildman–Crippen MR) is 87.2 cm³/mol. The number of hydrazone groups is 1. The summed E-state index contributed by atoms with van der Waals surface area (Å²) in [5, 5.41) is 10.5. The van der Waals surface area contributed by atoms with Crippen LogP contribution in [0.1, 0.15) is 35.6 Å². The van der Waals surface area contributed by atoms with Crippen molar-refractivity contribution in [1.29, 1.82) is 0 Å². The Morgan fingerprint density at radius 3 is 2.65 bits per heavy atom. The lowest BCUT2D eigenvalue weighted by Crippen LogP contribution is -2.18. The zero-order valence-electron chi connectivity index (χ0n) is 13.4. The number of aromatic nitrogens is 2. The number of rotatable bonds is 7. The normalized spacial score (nSPS) is 10.7. The number of amides is 1. The molecule has 0 saturated carbocycles. The van der Waals surface area contributed by atoms with E-state index in [-0.39, 0.29) is 5.91 Å². The number of hydrogen-bond acceptors (Lipinski definition) is 5. The van der Waals surface area contributed by atoms with Crippen LogP contribution in [0.5, 0.6) is 11.5 Å². The lowest BCUT2D eigenvalue weighted by atomic mass is 10.2. The number of ether oxygens (including phenoxy) is 2. The van der Waals surface area contributed by atoms with Gasteiger partial charge >= 0.3 is 0 Å². The first kappa shape index (κ1) is 16.5. The van der Waals surface area contributed by atoms with Gasteiger partial charge in [0.05, 0.1) is 19.4 Å². The zero-order valence-corrected chi connectivity index (χ0v) is 13.4. The highest BCUT2D eigenvalue weighted by atomic mass is 16.5. The van der Waals surface area contributed by atoms with Crippen molar-refractivity contribution in [3.8, 4) is 11.5 Å². The standard InChI is InChI=1S/C16H20N4O3/c1-4-22-14-7-6-12(9-15(14)23-5-2)10-17-20-16(21)13-8-11(3)18-19-13/h6-10H,4-5H2,1-3H3,(H,18,19)(H,20,21)/b17-10-. The van der Waals surface area contributed by atoms with Crippen LogP contribution in [0.3, 0.4) is 0 Å². The van der Waals surface area contributed by atoms with Crippen molar-refractivity contribution in [2.24, 2.45) is 5.10 Å². The molecule has 0 fully saturated rings. The summed E-state index contributed by atoms with van der Waals surface area (Å²) in [7, 11) is 0. The quantitative estimate of drug-likeness (QED) is 0.606. The summed E-state index contributed by atoms with van der Waals surface area (Å²) >= 11 is 0. The largest absolute Gasteiger partial charge is 0.490 e. The molecule has 0 saturated heterocycles. The third kappa shape index (κ3) is 4.57. The SMILES string of the molecule is CCOc1ccc(/C=N\NC(=O)c2cc(C)[nH]n2)cc1OCC. The molecular formula is C16H20N4O3. The molecule has 0 aliphatic rings. The van der Waals surface area contributed by atoms with E-state index in [1.807, 2.05) is 39.0 Å². The summed E-state index contributed by atoms with van der Waals surface area (Å²) in [4.78, 5) is 11.8. The van der Waals surface area contributed by atoms with Crippen molar-refractivity contribution in [3.63, 3.8) is 0 Å². The molecule has 0 radical (unpaired) electrons. The van der Waals surface area contributed by atoms with E-state index < -0.39 is 0 Å². The second-order valence-electron chi connectivity index (χ2n) is 4.71. The van der Waals surface area contributed by atoms with Crippen molar-refractivity contribution in [2.75, 3.05) is 13.2 Å². The molecule has 0 spiro atoms. The van der Waals surface area contributed by atoms with E-state index in [9.17, 15) is 4.79 Å². The maximum Gasteiger partial charge on any atom is 0.291 e. The molecule has 122 valence electrons. The number of aryl methyl sites for hydroxylation is 1. The van der Waals surface area contributed by atoms with Crippen molar-refractivity contribution in [2.45, 2.75) is 20.8 Å². The minimum atomic E-state index is -0.374. The van der Waals surface area contributed by atoms with Gasteiger partial charge in [-0.05, 0) is 50.6 Å². The molecule has 1 aromatic carbocycles. The minimum absolute atomic E-state index is 0.293. The van der Waals surface area contributed by atoms with E-state index >= 15 is 0 Å². The Morgan fingerprint density at radius 2 is 2.00 bits per heavy atom. The number of nitrogens with one attached hydrogen (secondary N) is 2. The highest BCUT2D eigenvalue weighted by molar-refractivity contribution is 5.93. The molecule has 2 aromatic rings. The Bertz CT molecular complexity index is 694. The van der Waals surface area contributed by atoms with Gasteiger partial charge in [0.1, 0.15) is 0 Å². The van der Waals surface area contributed by atoms with Gasteiger partial charge in [-0.3, -0.25) is 9.89 Å². The Labute approximate surface area is 134 Å². The number of carbonyl (C=O) groups is 1. The predicted octanol–water partition coefficient (Wildman–Crippen LogP) is 2.28. The third-order valence-electron chi connectivity index (χ3n) is 2.89. The Morgan fingerprint density at radius 1 is 1.26 bits per heavy atom. The third-order valence-corrected chi connectivity index (χ3v) is 2.89. The Balaban J connectivity index is 2.04. The molecule has 0 aliphatic heterocycles. The fourth-order valence-corrected chi connectivity index (χ4v) is 1.91. The maximum absolute atomic E-state index is 11.8. The van der Waals surface area contributed by atoms with Crippen LogP contribution < -0.4 is 14.9 Å². The minimum Gasteiger partial charge on any atom is -0.490 e. The van der Waals surface area contributed by atoms with E-state index in [4.69, 9.17) is 9.47 Å². The van der Waals surface area contributed by atoms with E-state index in [1.165, 1.54) is 6.21 Å². The average molecular weight is 316 g/mol. The highest BCUT2D eigenvalue weighted by Crippen LogP contribution is 2.27. The van der Waals surface area contributed by atoms with Gasteiger partial charge in [-0.15, -0.1) is 0 Å². The van der Waals surface area contributed by atoms with Gasteiger partial charge in [-0.2, -0.15) is 10.2 Å². The van der Waals surface area contributed by atoms with Crippen LogP contribution in [0, 0.1) is 6.92 Å². The lowest BCUT2D eigenvalue weighted by molar-refractivity contribution is 0.0950. The smallest absolute Gasteiger partial charge is 0.291 e. The maximum atomic E-state index is 11.8. The first-order valence-corrected chi connectivity index (χ1v) is 7.39. The molecule has 23 heavy (non-hydrogen) atoms. The summed E-state index contributed by atoms with van der Waals surface area (Å²) in [5.74, 6) is 0.955. The van der Waals surface area contributed by atoms with Crippen LogP contribution >= 0.6 is 0 Å². The van der Waals surface area contributed by atoms with Gasteiger partial charge in [-0.25, -0.2) is 5.43 Å². The zero-order chi connectivity index (χ0) is 16.7. The van der Waals surface area contributed by atoms with Gasteiger partial charge in [-0.1, -0.05) is 0 Å². The summed E-state index contributed by atoms with van der Waals surface area (Å²) in [6.07, 6.45) is 1.54. The lowest BCUT2D eigenvalue weighted by Gasteiger charge is -2.11. The average Bonchev–Trinajstić information content (AvgIpc) is 2.97. The topological polar surface area (TPSA) is 88.6 Å². The molecule has 1 heterocycles. The molecule has 1 aromatic heterocycles. The van der Waals surface area contributed by atoms with Crippen molar-refractivity contribution < 1.29 is 14.3 Å². The van der Waals surface area contributed by atoms with E-state index in [1.54, 1.807) is 6.07 Å². The molecule has 1 amide bonds. The Kier molecular flexibility index (Phi) is 5.74. The van der Waals surface area contributed by atoms with Crippen molar-refractivity contribution in [1.82, 2.24) is 15.6 Å². The fraction of sp³-hybridized carbons (Fsp3) is 0.312. The summed E-state index contributed by atoms with van der Waals surface area (Å²) in [5.41, 5.74) is 4.32. The van der Waals surface area contributed by atoms with Gasteiger partial charge in [0.2, 0.25) is 0 Å². The molecule has 0 atom stereocenters. The van der Waals surface area contributed by atoms with Crippen LogP contribution in [-0.2, 0) is 0 Å². The highest BCUT2D eigenvalue weighted by Gasteiger charge is 2.08. The molecule has 0 unspecified atom stereocenters. The molecular weight excluding hydrogens is 296 g/mol. The van der Waals surface area contributed by atoms with E-state index in [0.717, 1.165) is 11.3 Å².